The summed E-state index contributed by atoms with van der Waals surface area (Å²) in [5.41, 5.74) is 6.55. The fraction of sp³-hybridized carbons (Fsp3) is 0.316. The zero-order chi connectivity index (χ0) is 14.6. The van der Waals surface area contributed by atoms with E-state index in [1.807, 2.05) is 4.90 Å². The van der Waals surface area contributed by atoms with Crippen LogP contribution < -0.4 is 4.90 Å². The lowest BCUT2D eigenvalue weighted by atomic mass is 9.77. The number of fused-ring (bicyclic) bond motifs is 1. The summed E-state index contributed by atoms with van der Waals surface area (Å²) in [4.78, 5) is 14.3. The van der Waals surface area contributed by atoms with E-state index in [1.54, 1.807) is 6.92 Å². The van der Waals surface area contributed by atoms with E-state index in [4.69, 9.17) is 0 Å². The molecule has 6 rings (SSSR count). The molecule has 2 heteroatoms. The van der Waals surface area contributed by atoms with Gasteiger partial charge in [0, 0.05) is 18.5 Å². The van der Waals surface area contributed by atoms with Gasteiger partial charge in [0.1, 0.15) is 0 Å². The maximum Gasteiger partial charge on any atom is 0.224 e. The average Bonchev–Trinajstić information content (AvgIpc) is 2.45. The Balaban J connectivity index is 2.07. The number of benzene rings is 2. The smallest absolute Gasteiger partial charge is 0.224 e. The molecule has 2 nitrogen and oxygen atoms in total. The van der Waals surface area contributed by atoms with Gasteiger partial charge in [0.15, 0.2) is 0 Å². The van der Waals surface area contributed by atoms with Gasteiger partial charge in [0.05, 0.1) is 6.04 Å². The molecule has 0 saturated carbocycles. The third-order valence-electron chi connectivity index (χ3n) is 5.03. The first-order valence-corrected chi connectivity index (χ1v) is 7.68. The van der Waals surface area contributed by atoms with E-state index in [0.717, 1.165) is 18.5 Å². The van der Waals surface area contributed by atoms with Crippen molar-refractivity contribution in [2.75, 3.05) is 4.90 Å². The van der Waals surface area contributed by atoms with E-state index in [1.165, 1.54) is 22.3 Å². The van der Waals surface area contributed by atoms with Crippen LogP contribution in [0, 0.1) is 0 Å². The van der Waals surface area contributed by atoms with Crippen LogP contribution in [0.5, 0.6) is 0 Å². The van der Waals surface area contributed by atoms with Gasteiger partial charge >= 0.3 is 0 Å². The molecule has 4 bridgehead atoms. The quantitative estimate of drug-likeness (QED) is 0.707. The molecule has 106 valence electrons. The standard InChI is InChI=1S/C19H19NO/c1-12-16-5-3-4-6-17(16)19-10-8-14-7-9-15(11-18(12)14)20(19)13(2)21/h3-7,9,11-12,19H,8,10H2,1-2H3. The second-order valence-electron chi connectivity index (χ2n) is 6.18. The van der Waals surface area contributed by atoms with Crippen molar-refractivity contribution in [2.45, 2.75) is 38.6 Å². The molecule has 0 spiro atoms. The molecule has 3 aliphatic heterocycles. The van der Waals surface area contributed by atoms with Crippen LogP contribution in [0.3, 0.4) is 0 Å². The van der Waals surface area contributed by atoms with Crippen molar-refractivity contribution in [3.63, 3.8) is 0 Å². The molecule has 1 amide bonds. The Bertz CT molecular complexity index is 734. The van der Waals surface area contributed by atoms with Crippen molar-refractivity contribution >= 4 is 11.6 Å². The molecule has 0 radical (unpaired) electrons. The van der Waals surface area contributed by atoms with Gasteiger partial charge in [0.25, 0.3) is 0 Å². The van der Waals surface area contributed by atoms with Gasteiger partial charge in [-0.1, -0.05) is 37.3 Å². The van der Waals surface area contributed by atoms with E-state index in [2.05, 4.69) is 49.4 Å². The Hall–Kier alpha value is -2.09. The number of carbonyl (C=O) groups is 1. The first-order valence-electron chi connectivity index (χ1n) is 7.68. The molecule has 2 aromatic carbocycles. The summed E-state index contributed by atoms with van der Waals surface area (Å²) >= 11 is 0. The van der Waals surface area contributed by atoms with Crippen LogP contribution in [-0.4, -0.2) is 5.91 Å². The highest BCUT2D eigenvalue weighted by Gasteiger charge is 2.33. The van der Waals surface area contributed by atoms with E-state index >= 15 is 0 Å². The van der Waals surface area contributed by atoms with Crippen LogP contribution in [0.25, 0.3) is 0 Å². The second kappa shape index (κ2) is 4.45. The molecule has 2 atom stereocenters. The summed E-state index contributed by atoms with van der Waals surface area (Å²) < 4.78 is 0. The van der Waals surface area contributed by atoms with Crippen molar-refractivity contribution in [3.8, 4) is 0 Å². The van der Waals surface area contributed by atoms with Gasteiger partial charge in [-0.2, -0.15) is 0 Å². The minimum atomic E-state index is 0.130. The Morgan fingerprint density at radius 3 is 2.62 bits per heavy atom. The number of anilines is 1. The highest BCUT2D eigenvalue weighted by Crippen LogP contribution is 2.44. The summed E-state index contributed by atoms with van der Waals surface area (Å²) in [7, 11) is 0. The average molecular weight is 277 g/mol. The van der Waals surface area contributed by atoms with Gasteiger partial charge in [-0.15, -0.1) is 0 Å². The number of carbonyl (C=O) groups excluding carboxylic acids is 1. The van der Waals surface area contributed by atoms with Crippen molar-refractivity contribution < 1.29 is 4.79 Å². The van der Waals surface area contributed by atoms with Crippen LogP contribution in [0.15, 0.2) is 42.5 Å². The monoisotopic (exact) mass is 277 g/mol. The van der Waals surface area contributed by atoms with E-state index in [-0.39, 0.29) is 11.9 Å². The van der Waals surface area contributed by atoms with Crippen LogP contribution in [0.4, 0.5) is 5.69 Å². The van der Waals surface area contributed by atoms with E-state index < -0.39 is 0 Å². The summed E-state index contributed by atoms with van der Waals surface area (Å²) in [5.74, 6) is 0.526. The van der Waals surface area contributed by atoms with Crippen molar-refractivity contribution in [1.29, 1.82) is 0 Å². The molecule has 0 saturated heterocycles. The highest BCUT2D eigenvalue weighted by molar-refractivity contribution is 5.93. The fourth-order valence-electron chi connectivity index (χ4n) is 4.04. The Labute approximate surface area is 125 Å². The van der Waals surface area contributed by atoms with Crippen LogP contribution in [0.2, 0.25) is 0 Å². The molecule has 3 heterocycles. The molecule has 1 aliphatic carbocycles. The van der Waals surface area contributed by atoms with Crippen molar-refractivity contribution in [1.82, 2.24) is 0 Å². The minimum absolute atomic E-state index is 0.130. The largest absolute Gasteiger partial charge is 0.305 e. The molecule has 0 aromatic heterocycles. The molecule has 0 fully saturated rings. The maximum atomic E-state index is 12.3. The van der Waals surface area contributed by atoms with Gasteiger partial charge < -0.3 is 4.90 Å². The van der Waals surface area contributed by atoms with Gasteiger partial charge in [-0.25, -0.2) is 0 Å². The number of rotatable bonds is 0. The molecule has 2 unspecified atom stereocenters. The number of nitrogens with zero attached hydrogens (tertiary/aromatic N) is 1. The zero-order valence-corrected chi connectivity index (χ0v) is 12.5. The Morgan fingerprint density at radius 2 is 1.86 bits per heavy atom. The lowest BCUT2D eigenvalue weighted by molar-refractivity contribution is -0.117. The fourth-order valence-corrected chi connectivity index (χ4v) is 4.04. The second-order valence-corrected chi connectivity index (χ2v) is 6.18. The van der Waals surface area contributed by atoms with Crippen LogP contribution in [0.1, 0.15) is 54.5 Å². The molecular weight excluding hydrogens is 258 g/mol. The minimum Gasteiger partial charge on any atom is -0.305 e. The summed E-state index contributed by atoms with van der Waals surface area (Å²) in [6, 6.07) is 15.3. The van der Waals surface area contributed by atoms with Crippen molar-refractivity contribution in [3.05, 3.63) is 64.7 Å². The summed E-state index contributed by atoms with van der Waals surface area (Å²) in [6.45, 7) is 3.96. The highest BCUT2D eigenvalue weighted by atomic mass is 16.2. The normalized spacial score (nSPS) is 22.5. The Morgan fingerprint density at radius 1 is 1.10 bits per heavy atom. The van der Waals surface area contributed by atoms with Gasteiger partial charge in [-0.05, 0) is 47.2 Å². The zero-order valence-electron chi connectivity index (χ0n) is 12.5. The molecular formula is C19H19NO. The third kappa shape index (κ3) is 1.75. The number of hydrogen-bond acceptors (Lipinski definition) is 1. The van der Waals surface area contributed by atoms with Gasteiger partial charge in [-0.3, -0.25) is 4.79 Å². The van der Waals surface area contributed by atoms with E-state index in [0.29, 0.717) is 5.92 Å². The predicted octanol–water partition coefficient (Wildman–Crippen LogP) is 4.19. The third-order valence-corrected chi connectivity index (χ3v) is 5.03. The molecule has 21 heavy (non-hydrogen) atoms. The van der Waals surface area contributed by atoms with Crippen molar-refractivity contribution in [2.24, 2.45) is 0 Å². The maximum absolute atomic E-state index is 12.3. The lowest BCUT2D eigenvalue weighted by Gasteiger charge is -2.39. The van der Waals surface area contributed by atoms with Crippen LogP contribution in [-0.2, 0) is 11.2 Å². The lowest BCUT2D eigenvalue weighted by Crippen LogP contribution is -2.36. The number of aryl methyl sites for hydroxylation is 1. The summed E-state index contributed by atoms with van der Waals surface area (Å²) in [5, 5.41) is 0. The molecule has 4 aliphatic rings. The summed E-state index contributed by atoms with van der Waals surface area (Å²) in [6.07, 6.45) is 2.05. The first-order chi connectivity index (χ1) is 10.2. The number of hydrogen-bond donors (Lipinski definition) is 0. The molecule has 0 N–H and O–H groups in total. The molecule has 2 aromatic rings. The Kier molecular flexibility index (Phi) is 2.68. The van der Waals surface area contributed by atoms with E-state index in [9.17, 15) is 4.79 Å². The predicted molar refractivity (Wildman–Crippen MR) is 84.6 cm³/mol. The van der Waals surface area contributed by atoms with Crippen LogP contribution >= 0.6 is 0 Å². The first kappa shape index (κ1) is 12.6. The number of amides is 1. The van der Waals surface area contributed by atoms with Gasteiger partial charge in [0.2, 0.25) is 5.91 Å². The topological polar surface area (TPSA) is 20.3 Å². The SMILES string of the molecule is CC(=O)N1c2ccc3c(c2)C(C)c2ccccc2C1CC3.